The van der Waals surface area contributed by atoms with Crippen LogP contribution in [0.2, 0.25) is 0 Å². The Balaban J connectivity index is 2.57. The molecule has 0 heterocycles. The maximum absolute atomic E-state index is 7.48. The number of hydrogen-bond donors (Lipinski definition) is 2. The zero-order chi connectivity index (χ0) is 13.1. The monoisotopic (exact) mass is 234 g/mol. The topological polar surface area (TPSA) is 59.1 Å². The smallest absolute Gasteiger partial charge is 0.122 e. The molecule has 0 aliphatic rings. The zero-order valence-corrected chi connectivity index (χ0v) is 11.1. The molecule has 94 valence electrons. The lowest BCUT2D eigenvalue weighted by molar-refractivity contribution is 0.267. The zero-order valence-electron chi connectivity index (χ0n) is 11.1. The van der Waals surface area contributed by atoms with Crippen LogP contribution in [0.4, 0.5) is 0 Å². The van der Waals surface area contributed by atoms with Gasteiger partial charge in [0.05, 0.1) is 12.4 Å². The van der Waals surface area contributed by atoms with Crippen molar-refractivity contribution in [3.05, 3.63) is 29.3 Å². The minimum atomic E-state index is -0.294. The second kappa shape index (κ2) is 5.21. The summed E-state index contributed by atoms with van der Waals surface area (Å²) in [4.78, 5) is 0. The van der Waals surface area contributed by atoms with Gasteiger partial charge in [0, 0.05) is 5.41 Å². The molecule has 0 atom stereocenters. The fourth-order valence-electron chi connectivity index (χ4n) is 1.41. The first-order valence-electron chi connectivity index (χ1n) is 5.87. The third-order valence-electron chi connectivity index (χ3n) is 3.06. The van der Waals surface area contributed by atoms with E-state index in [0.717, 1.165) is 17.7 Å². The third kappa shape index (κ3) is 3.77. The van der Waals surface area contributed by atoms with Crippen molar-refractivity contribution in [1.82, 2.24) is 0 Å². The van der Waals surface area contributed by atoms with Gasteiger partial charge in [-0.2, -0.15) is 0 Å². The highest BCUT2D eigenvalue weighted by molar-refractivity contribution is 5.82. The van der Waals surface area contributed by atoms with Crippen molar-refractivity contribution in [2.75, 3.05) is 6.61 Å². The van der Waals surface area contributed by atoms with Gasteiger partial charge < -0.3 is 10.5 Å². The van der Waals surface area contributed by atoms with Crippen molar-refractivity contribution in [1.29, 1.82) is 5.41 Å². The number of amidine groups is 1. The van der Waals surface area contributed by atoms with Gasteiger partial charge in [0.2, 0.25) is 0 Å². The Kier molecular flexibility index (Phi) is 4.16. The van der Waals surface area contributed by atoms with Crippen LogP contribution in [0, 0.1) is 24.7 Å². The van der Waals surface area contributed by atoms with E-state index in [4.69, 9.17) is 15.9 Å². The normalized spacial score (nSPS) is 11.3. The Hall–Kier alpha value is -1.51. The number of rotatable bonds is 5. The molecule has 0 saturated carbocycles. The number of nitrogens with one attached hydrogen (secondary N) is 1. The van der Waals surface area contributed by atoms with Crippen LogP contribution in [-0.2, 0) is 0 Å². The molecule has 0 saturated heterocycles. The molecule has 0 aliphatic heterocycles. The summed E-state index contributed by atoms with van der Waals surface area (Å²) in [5.74, 6) is 1.13. The molecular formula is C14H22N2O. The molecule has 0 unspecified atom stereocenters. The minimum Gasteiger partial charge on any atom is -0.493 e. The molecule has 0 radical (unpaired) electrons. The number of benzene rings is 1. The predicted molar refractivity (Wildman–Crippen MR) is 71.7 cm³/mol. The molecule has 1 aromatic rings. The van der Waals surface area contributed by atoms with Gasteiger partial charge in [-0.15, -0.1) is 0 Å². The summed E-state index contributed by atoms with van der Waals surface area (Å²) in [5.41, 5.74) is 7.56. The molecule has 1 aromatic carbocycles. The summed E-state index contributed by atoms with van der Waals surface area (Å²) < 4.78 is 5.75. The second-order valence-corrected chi connectivity index (χ2v) is 5.16. The van der Waals surface area contributed by atoms with Crippen LogP contribution in [-0.4, -0.2) is 12.4 Å². The van der Waals surface area contributed by atoms with E-state index in [2.05, 4.69) is 12.1 Å². The summed E-state index contributed by atoms with van der Waals surface area (Å²) in [6.07, 6.45) is 0.746. The van der Waals surface area contributed by atoms with E-state index in [1.165, 1.54) is 5.56 Å². The highest BCUT2D eigenvalue weighted by Crippen LogP contribution is 2.23. The van der Waals surface area contributed by atoms with E-state index in [1.807, 2.05) is 33.8 Å². The Morgan fingerprint density at radius 1 is 1.35 bits per heavy atom. The first-order chi connectivity index (χ1) is 7.83. The molecule has 0 amide bonds. The van der Waals surface area contributed by atoms with E-state index >= 15 is 0 Å². The summed E-state index contributed by atoms with van der Waals surface area (Å²) in [6, 6.07) is 6.17. The van der Waals surface area contributed by atoms with Gasteiger partial charge in [-0.1, -0.05) is 26.0 Å². The number of aryl methyl sites for hydroxylation is 2. The molecule has 0 aromatic heterocycles. The summed E-state index contributed by atoms with van der Waals surface area (Å²) in [6.45, 7) is 8.58. The molecule has 0 spiro atoms. The third-order valence-corrected chi connectivity index (χ3v) is 3.06. The molecule has 0 fully saturated rings. The van der Waals surface area contributed by atoms with E-state index < -0.39 is 0 Å². The Morgan fingerprint density at radius 3 is 2.59 bits per heavy atom. The van der Waals surface area contributed by atoms with Crippen LogP contribution < -0.4 is 10.5 Å². The van der Waals surface area contributed by atoms with Gasteiger partial charge in [0.1, 0.15) is 5.75 Å². The predicted octanol–water partition coefficient (Wildman–Crippen LogP) is 3.03. The van der Waals surface area contributed by atoms with Crippen LogP contribution >= 0.6 is 0 Å². The van der Waals surface area contributed by atoms with Gasteiger partial charge in [-0.25, -0.2) is 0 Å². The standard InChI is InChI=1S/C14H22N2O/c1-10-5-6-11(2)12(9-10)17-8-7-14(3,4)13(15)16/h5-6,9H,7-8H2,1-4H3,(H3,15,16). The molecule has 3 nitrogen and oxygen atoms in total. The Labute approximate surface area is 103 Å². The first kappa shape index (κ1) is 13.6. The number of nitrogens with two attached hydrogens (primary N) is 1. The average Bonchev–Trinajstić information content (AvgIpc) is 2.22. The van der Waals surface area contributed by atoms with Crippen LogP contribution in [0.3, 0.4) is 0 Å². The molecule has 17 heavy (non-hydrogen) atoms. The van der Waals surface area contributed by atoms with Crippen LogP contribution in [0.25, 0.3) is 0 Å². The van der Waals surface area contributed by atoms with Crippen molar-refractivity contribution in [3.63, 3.8) is 0 Å². The molecule has 1 rings (SSSR count). The Morgan fingerprint density at radius 2 is 2.00 bits per heavy atom. The van der Waals surface area contributed by atoms with E-state index in [9.17, 15) is 0 Å². The number of ether oxygens (including phenoxy) is 1. The first-order valence-corrected chi connectivity index (χ1v) is 5.87. The maximum atomic E-state index is 7.48. The van der Waals surface area contributed by atoms with E-state index in [1.54, 1.807) is 0 Å². The summed E-state index contributed by atoms with van der Waals surface area (Å²) >= 11 is 0. The van der Waals surface area contributed by atoms with E-state index in [0.29, 0.717) is 6.61 Å². The van der Waals surface area contributed by atoms with Gasteiger partial charge in [-0.05, 0) is 37.5 Å². The average molecular weight is 234 g/mol. The fraction of sp³-hybridized carbons (Fsp3) is 0.500. The largest absolute Gasteiger partial charge is 0.493 e. The lowest BCUT2D eigenvalue weighted by Crippen LogP contribution is -2.32. The molecular weight excluding hydrogens is 212 g/mol. The molecule has 0 aliphatic carbocycles. The van der Waals surface area contributed by atoms with Crippen molar-refractivity contribution in [3.8, 4) is 5.75 Å². The quantitative estimate of drug-likeness (QED) is 0.607. The highest BCUT2D eigenvalue weighted by atomic mass is 16.5. The van der Waals surface area contributed by atoms with Crippen molar-refractivity contribution in [2.24, 2.45) is 11.1 Å². The molecule has 3 N–H and O–H groups in total. The van der Waals surface area contributed by atoms with Crippen molar-refractivity contribution in [2.45, 2.75) is 34.1 Å². The minimum absolute atomic E-state index is 0.210. The maximum Gasteiger partial charge on any atom is 0.122 e. The van der Waals surface area contributed by atoms with Gasteiger partial charge >= 0.3 is 0 Å². The second-order valence-electron chi connectivity index (χ2n) is 5.16. The SMILES string of the molecule is Cc1ccc(C)c(OCCC(C)(C)C(=N)N)c1. The Bertz CT molecular complexity index is 411. The highest BCUT2D eigenvalue weighted by Gasteiger charge is 2.21. The van der Waals surface area contributed by atoms with Crippen LogP contribution in [0.1, 0.15) is 31.4 Å². The van der Waals surface area contributed by atoms with Gasteiger partial charge in [-0.3, -0.25) is 5.41 Å². The van der Waals surface area contributed by atoms with Crippen molar-refractivity contribution >= 4 is 5.84 Å². The summed E-state index contributed by atoms with van der Waals surface area (Å²) in [5, 5.41) is 7.48. The van der Waals surface area contributed by atoms with Gasteiger partial charge in [0.15, 0.2) is 0 Å². The van der Waals surface area contributed by atoms with E-state index in [-0.39, 0.29) is 11.3 Å². The van der Waals surface area contributed by atoms with Gasteiger partial charge in [0.25, 0.3) is 0 Å². The molecule has 0 bridgehead atoms. The van der Waals surface area contributed by atoms with Crippen molar-refractivity contribution < 1.29 is 4.74 Å². The fourth-order valence-corrected chi connectivity index (χ4v) is 1.41. The summed E-state index contributed by atoms with van der Waals surface area (Å²) in [7, 11) is 0. The lowest BCUT2D eigenvalue weighted by Gasteiger charge is -2.23. The van der Waals surface area contributed by atoms with Crippen LogP contribution in [0.5, 0.6) is 5.75 Å². The number of hydrogen-bond acceptors (Lipinski definition) is 2. The lowest BCUT2D eigenvalue weighted by atomic mass is 9.88. The molecule has 3 heteroatoms. The van der Waals surface area contributed by atoms with Crippen LogP contribution in [0.15, 0.2) is 18.2 Å².